The first kappa shape index (κ1) is 25.8. The van der Waals surface area contributed by atoms with Crippen molar-refractivity contribution in [1.29, 1.82) is 5.26 Å². The number of hydrogen-bond acceptors (Lipinski definition) is 6. The molecule has 0 saturated carbocycles. The Kier molecular flexibility index (Phi) is 8.24. The van der Waals surface area contributed by atoms with E-state index in [0.717, 1.165) is 14.7 Å². The highest BCUT2D eigenvalue weighted by Crippen LogP contribution is 2.41. The van der Waals surface area contributed by atoms with E-state index in [1.807, 2.05) is 24.3 Å². The van der Waals surface area contributed by atoms with Crippen molar-refractivity contribution >= 4 is 91.8 Å². The maximum Gasteiger partial charge on any atom is 0.270 e. The molecule has 0 bridgehead atoms. The maximum atomic E-state index is 13.2. The lowest BCUT2D eigenvalue weighted by molar-refractivity contribution is -0.113. The highest BCUT2D eigenvalue weighted by molar-refractivity contribution is 14.1. The Morgan fingerprint density at radius 3 is 2.69 bits per heavy atom. The molecule has 5 nitrogen and oxygen atoms in total. The van der Waals surface area contributed by atoms with Gasteiger partial charge in [0.1, 0.15) is 6.61 Å². The molecule has 0 unspecified atom stereocenters. The molecule has 0 radical (unpaired) electrons. The Labute approximate surface area is 235 Å². The fraction of sp³-hybridized carbons (Fsp3) is 0.0800. The van der Waals surface area contributed by atoms with E-state index in [4.69, 9.17) is 44.9 Å². The van der Waals surface area contributed by atoms with Crippen molar-refractivity contribution in [2.45, 2.75) is 6.61 Å². The molecule has 1 aliphatic rings. The minimum Gasteiger partial charge on any atom is -0.493 e. The number of benzene rings is 3. The topological polar surface area (TPSA) is 62.6 Å². The molecule has 0 atom stereocenters. The van der Waals surface area contributed by atoms with Crippen LogP contribution < -0.4 is 14.4 Å². The summed E-state index contributed by atoms with van der Waals surface area (Å²) >= 11 is 21.1. The standard InChI is InChI=1S/C25H15Cl2IN2O3S2/c1-32-21-9-14(8-19(28)23(21)33-13-16-5-3-2-4-15(16)12-29)10-22-24(31)30(25(34)35-22)20-7-6-17(26)11-18(20)27/h2-11H,13H2,1H3/b22-10-. The summed E-state index contributed by atoms with van der Waals surface area (Å²) in [5.41, 5.74) is 2.57. The van der Waals surface area contributed by atoms with Crippen LogP contribution in [0.1, 0.15) is 16.7 Å². The molecule has 1 heterocycles. The minimum atomic E-state index is -0.272. The molecule has 1 fully saturated rings. The van der Waals surface area contributed by atoms with Crippen molar-refractivity contribution < 1.29 is 14.3 Å². The monoisotopic (exact) mass is 652 g/mol. The van der Waals surface area contributed by atoms with Crippen molar-refractivity contribution in [2.75, 3.05) is 12.0 Å². The molecule has 1 amide bonds. The predicted octanol–water partition coefficient (Wildman–Crippen LogP) is 7.46. The second-order valence-corrected chi connectivity index (χ2v) is 10.9. The van der Waals surface area contributed by atoms with Crippen LogP contribution in [0.3, 0.4) is 0 Å². The third kappa shape index (κ3) is 5.60. The smallest absolute Gasteiger partial charge is 0.270 e. The number of nitrogens with zero attached hydrogens (tertiary/aromatic N) is 2. The van der Waals surface area contributed by atoms with E-state index in [1.54, 1.807) is 43.5 Å². The summed E-state index contributed by atoms with van der Waals surface area (Å²) < 4.78 is 12.7. The van der Waals surface area contributed by atoms with Gasteiger partial charge in [-0.25, -0.2) is 0 Å². The SMILES string of the molecule is COc1cc(/C=C2\SC(=S)N(c3ccc(Cl)cc3Cl)C2=O)cc(I)c1OCc1ccccc1C#N. The van der Waals surface area contributed by atoms with Crippen molar-refractivity contribution in [1.82, 2.24) is 0 Å². The van der Waals surface area contributed by atoms with Gasteiger partial charge in [0.05, 0.1) is 37.9 Å². The number of anilines is 1. The lowest BCUT2D eigenvalue weighted by Crippen LogP contribution is -2.27. The number of methoxy groups -OCH3 is 1. The average molecular weight is 653 g/mol. The highest BCUT2D eigenvalue weighted by atomic mass is 127. The molecule has 0 spiro atoms. The van der Waals surface area contributed by atoms with Gasteiger partial charge in [0.2, 0.25) is 0 Å². The van der Waals surface area contributed by atoms with Gasteiger partial charge in [0.25, 0.3) is 5.91 Å². The van der Waals surface area contributed by atoms with Gasteiger partial charge in [-0.15, -0.1) is 0 Å². The molecule has 3 aromatic carbocycles. The van der Waals surface area contributed by atoms with Crippen LogP contribution in [0.2, 0.25) is 10.0 Å². The number of ether oxygens (including phenoxy) is 2. The molecular weight excluding hydrogens is 638 g/mol. The fourth-order valence-electron chi connectivity index (χ4n) is 3.36. The summed E-state index contributed by atoms with van der Waals surface area (Å²) in [4.78, 5) is 15.0. The van der Waals surface area contributed by atoms with Gasteiger partial charge in [-0.3, -0.25) is 9.69 Å². The van der Waals surface area contributed by atoms with Gasteiger partial charge in [0, 0.05) is 10.6 Å². The number of carbonyl (C=O) groups excluding carboxylic acids is 1. The van der Waals surface area contributed by atoms with E-state index in [0.29, 0.717) is 42.0 Å². The third-order valence-corrected chi connectivity index (χ3v) is 7.64. The summed E-state index contributed by atoms with van der Waals surface area (Å²) in [5, 5.41) is 10.1. The van der Waals surface area contributed by atoms with Crippen LogP contribution in [0.25, 0.3) is 6.08 Å². The maximum absolute atomic E-state index is 13.2. The molecule has 0 aromatic heterocycles. The zero-order valence-electron chi connectivity index (χ0n) is 18.1. The first-order valence-corrected chi connectivity index (χ1v) is 13.1. The molecule has 4 rings (SSSR count). The summed E-state index contributed by atoms with van der Waals surface area (Å²) in [6.45, 7) is 0.218. The van der Waals surface area contributed by atoms with Gasteiger partial charge in [-0.2, -0.15) is 5.26 Å². The number of amides is 1. The summed E-state index contributed by atoms with van der Waals surface area (Å²) in [6, 6.07) is 18.0. The quantitative estimate of drug-likeness (QED) is 0.156. The zero-order valence-corrected chi connectivity index (χ0v) is 23.4. The first-order chi connectivity index (χ1) is 16.8. The Balaban J connectivity index is 1.60. The van der Waals surface area contributed by atoms with E-state index in [1.165, 1.54) is 16.7 Å². The van der Waals surface area contributed by atoms with Crippen LogP contribution in [0, 0.1) is 14.9 Å². The third-order valence-electron chi connectivity index (χ3n) is 5.00. The summed E-state index contributed by atoms with van der Waals surface area (Å²) in [7, 11) is 1.55. The Hall–Kier alpha value is -2.29. The van der Waals surface area contributed by atoms with Crippen molar-refractivity contribution in [3.05, 3.63) is 89.8 Å². The van der Waals surface area contributed by atoms with Crippen molar-refractivity contribution in [3.8, 4) is 17.6 Å². The van der Waals surface area contributed by atoms with Crippen molar-refractivity contribution in [3.63, 3.8) is 0 Å². The predicted molar refractivity (Wildman–Crippen MR) is 153 cm³/mol. The number of thioether (sulfide) groups is 1. The van der Waals surface area contributed by atoms with Crippen molar-refractivity contribution in [2.24, 2.45) is 0 Å². The summed E-state index contributed by atoms with van der Waals surface area (Å²) in [6.07, 6.45) is 1.75. The number of hydrogen-bond donors (Lipinski definition) is 0. The van der Waals surface area contributed by atoms with Crippen LogP contribution in [0.4, 0.5) is 5.69 Å². The van der Waals surface area contributed by atoms with Crippen LogP contribution in [0.15, 0.2) is 59.5 Å². The van der Waals surface area contributed by atoms with Gasteiger partial charge >= 0.3 is 0 Å². The number of nitriles is 1. The molecule has 0 N–H and O–H groups in total. The Bertz CT molecular complexity index is 1420. The average Bonchev–Trinajstić information content (AvgIpc) is 3.10. The molecule has 3 aromatic rings. The Morgan fingerprint density at radius 2 is 1.97 bits per heavy atom. The van der Waals surface area contributed by atoms with E-state index < -0.39 is 0 Å². The number of carbonyl (C=O) groups is 1. The summed E-state index contributed by atoms with van der Waals surface area (Å²) in [5.74, 6) is 0.791. The largest absolute Gasteiger partial charge is 0.493 e. The molecule has 10 heteroatoms. The van der Waals surface area contributed by atoms with Gasteiger partial charge in [-0.05, 0) is 70.6 Å². The number of halogens is 3. The zero-order chi connectivity index (χ0) is 25.1. The lowest BCUT2D eigenvalue weighted by Gasteiger charge is -2.16. The molecule has 1 saturated heterocycles. The van der Waals surface area contributed by atoms with E-state index >= 15 is 0 Å². The van der Waals surface area contributed by atoms with E-state index in [-0.39, 0.29) is 12.5 Å². The molecular formula is C25H15Cl2IN2O3S2. The van der Waals surface area contributed by atoms with Crippen LogP contribution >= 0.6 is 69.8 Å². The highest BCUT2D eigenvalue weighted by Gasteiger charge is 2.34. The van der Waals surface area contributed by atoms with Gasteiger partial charge < -0.3 is 9.47 Å². The van der Waals surface area contributed by atoms with Crippen LogP contribution in [-0.2, 0) is 11.4 Å². The Morgan fingerprint density at radius 1 is 1.20 bits per heavy atom. The fourth-order valence-corrected chi connectivity index (χ4v) is 5.92. The minimum absolute atomic E-state index is 0.218. The van der Waals surface area contributed by atoms with Crippen LogP contribution in [-0.4, -0.2) is 17.3 Å². The van der Waals surface area contributed by atoms with E-state index in [9.17, 15) is 10.1 Å². The number of rotatable bonds is 6. The molecule has 1 aliphatic heterocycles. The lowest BCUT2D eigenvalue weighted by atomic mass is 10.1. The first-order valence-electron chi connectivity index (χ1n) is 10.0. The molecule has 176 valence electrons. The van der Waals surface area contributed by atoms with E-state index in [2.05, 4.69) is 28.7 Å². The molecule has 0 aliphatic carbocycles. The van der Waals surface area contributed by atoms with Gasteiger partial charge in [-0.1, -0.05) is 65.4 Å². The van der Waals surface area contributed by atoms with Gasteiger partial charge in [0.15, 0.2) is 15.8 Å². The molecule has 35 heavy (non-hydrogen) atoms. The normalized spacial score (nSPS) is 14.4. The number of thiocarbonyl (C=S) groups is 1. The van der Waals surface area contributed by atoms with Crippen LogP contribution in [0.5, 0.6) is 11.5 Å². The second kappa shape index (κ2) is 11.2. The second-order valence-electron chi connectivity index (χ2n) is 7.20.